The Bertz CT molecular complexity index is 241. The van der Waals surface area contributed by atoms with E-state index in [1.54, 1.807) is 21.1 Å². The zero-order valence-electron chi connectivity index (χ0n) is 10.7. The third-order valence-electron chi connectivity index (χ3n) is 2.55. The maximum absolute atomic E-state index is 11.6. The van der Waals surface area contributed by atoms with Gasteiger partial charge in [0.15, 0.2) is 0 Å². The first-order valence-electron chi connectivity index (χ1n) is 5.52. The Morgan fingerprint density at radius 3 is 2.19 bits per heavy atom. The van der Waals surface area contributed by atoms with Gasteiger partial charge in [-0.05, 0) is 18.9 Å². The van der Waals surface area contributed by atoms with E-state index in [2.05, 4.69) is 0 Å². The highest BCUT2D eigenvalue weighted by Gasteiger charge is 2.14. The quantitative estimate of drug-likeness (QED) is 0.692. The van der Waals surface area contributed by atoms with E-state index in [4.69, 9.17) is 5.73 Å². The van der Waals surface area contributed by atoms with Crippen molar-refractivity contribution >= 4 is 11.8 Å². The highest BCUT2D eigenvalue weighted by atomic mass is 16.2. The molecule has 0 aromatic carbocycles. The average molecular weight is 229 g/mol. The van der Waals surface area contributed by atoms with Crippen LogP contribution in [0.1, 0.15) is 19.8 Å². The monoisotopic (exact) mass is 229 g/mol. The van der Waals surface area contributed by atoms with Crippen LogP contribution in [0.4, 0.5) is 0 Å². The fourth-order valence-corrected chi connectivity index (χ4v) is 1.11. The molecule has 0 aliphatic rings. The standard InChI is InChI=1S/C11H23N3O2/c1-9(7-12)5-6-10(15)14(4)8-11(16)13(2)3/h9H,5-8,12H2,1-4H3. The Morgan fingerprint density at radius 2 is 1.75 bits per heavy atom. The smallest absolute Gasteiger partial charge is 0.241 e. The first kappa shape index (κ1) is 14.9. The summed E-state index contributed by atoms with van der Waals surface area (Å²) in [4.78, 5) is 25.9. The molecule has 16 heavy (non-hydrogen) atoms. The zero-order valence-corrected chi connectivity index (χ0v) is 10.7. The number of carbonyl (C=O) groups is 2. The van der Waals surface area contributed by atoms with Crippen LogP contribution in [0, 0.1) is 5.92 Å². The number of rotatable bonds is 6. The van der Waals surface area contributed by atoms with E-state index in [0.29, 0.717) is 18.9 Å². The van der Waals surface area contributed by atoms with E-state index in [-0.39, 0.29) is 18.4 Å². The molecule has 0 spiro atoms. The Morgan fingerprint density at radius 1 is 1.19 bits per heavy atom. The fraction of sp³-hybridized carbons (Fsp3) is 0.818. The van der Waals surface area contributed by atoms with Gasteiger partial charge in [-0.1, -0.05) is 6.92 Å². The third-order valence-corrected chi connectivity index (χ3v) is 2.55. The van der Waals surface area contributed by atoms with Gasteiger partial charge in [-0.2, -0.15) is 0 Å². The van der Waals surface area contributed by atoms with Crippen molar-refractivity contribution in [3.63, 3.8) is 0 Å². The molecule has 0 bridgehead atoms. The lowest BCUT2D eigenvalue weighted by Gasteiger charge is -2.19. The molecule has 0 heterocycles. The molecule has 0 saturated carbocycles. The maximum atomic E-state index is 11.6. The Labute approximate surface area is 97.6 Å². The van der Waals surface area contributed by atoms with Crippen LogP contribution in [-0.2, 0) is 9.59 Å². The fourth-order valence-electron chi connectivity index (χ4n) is 1.11. The summed E-state index contributed by atoms with van der Waals surface area (Å²) in [6, 6.07) is 0. The molecule has 0 aromatic heterocycles. The molecular weight excluding hydrogens is 206 g/mol. The number of amides is 2. The number of nitrogens with zero attached hydrogens (tertiary/aromatic N) is 2. The predicted molar refractivity (Wildman–Crippen MR) is 63.8 cm³/mol. The van der Waals surface area contributed by atoms with Gasteiger partial charge < -0.3 is 15.5 Å². The topological polar surface area (TPSA) is 66.6 Å². The molecule has 0 aliphatic carbocycles. The summed E-state index contributed by atoms with van der Waals surface area (Å²) < 4.78 is 0. The summed E-state index contributed by atoms with van der Waals surface area (Å²) >= 11 is 0. The molecule has 0 aromatic rings. The summed E-state index contributed by atoms with van der Waals surface area (Å²) in [6.07, 6.45) is 1.23. The summed E-state index contributed by atoms with van der Waals surface area (Å²) in [5.41, 5.74) is 5.47. The molecule has 1 atom stereocenters. The largest absolute Gasteiger partial charge is 0.347 e. The lowest BCUT2D eigenvalue weighted by atomic mass is 10.1. The minimum atomic E-state index is -0.0669. The van der Waals surface area contributed by atoms with Gasteiger partial charge in [0.25, 0.3) is 0 Å². The molecule has 2 N–H and O–H groups in total. The molecule has 0 rings (SSSR count). The Hall–Kier alpha value is -1.10. The van der Waals surface area contributed by atoms with Crippen LogP contribution in [0.15, 0.2) is 0 Å². The molecule has 0 radical (unpaired) electrons. The van der Waals surface area contributed by atoms with Crippen LogP contribution in [0.5, 0.6) is 0 Å². The predicted octanol–water partition coefficient (Wildman–Crippen LogP) is -0.0920. The van der Waals surface area contributed by atoms with Gasteiger partial charge in [0, 0.05) is 27.6 Å². The maximum Gasteiger partial charge on any atom is 0.241 e. The van der Waals surface area contributed by atoms with E-state index in [1.165, 1.54) is 9.80 Å². The van der Waals surface area contributed by atoms with E-state index >= 15 is 0 Å². The van der Waals surface area contributed by atoms with Gasteiger partial charge in [0.1, 0.15) is 0 Å². The average Bonchev–Trinajstić information content (AvgIpc) is 2.24. The van der Waals surface area contributed by atoms with Gasteiger partial charge in [0.2, 0.25) is 11.8 Å². The van der Waals surface area contributed by atoms with E-state index in [1.807, 2.05) is 6.92 Å². The number of likely N-dealkylation sites (N-methyl/N-ethyl adjacent to an activating group) is 2. The molecular formula is C11H23N3O2. The minimum absolute atomic E-state index is 0.00417. The lowest BCUT2D eigenvalue weighted by Crippen LogP contribution is -2.37. The highest BCUT2D eigenvalue weighted by Crippen LogP contribution is 2.05. The van der Waals surface area contributed by atoms with Crippen LogP contribution < -0.4 is 5.73 Å². The van der Waals surface area contributed by atoms with Gasteiger partial charge in [-0.25, -0.2) is 0 Å². The van der Waals surface area contributed by atoms with E-state index in [0.717, 1.165) is 6.42 Å². The second-order valence-electron chi connectivity index (χ2n) is 4.42. The second kappa shape index (κ2) is 7.22. The van der Waals surface area contributed by atoms with Crippen LogP contribution in [-0.4, -0.2) is 55.8 Å². The number of carbonyl (C=O) groups excluding carboxylic acids is 2. The molecule has 1 unspecified atom stereocenters. The molecule has 5 nitrogen and oxygen atoms in total. The Balaban J connectivity index is 3.95. The van der Waals surface area contributed by atoms with Crippen LogP contribution in [0.25, 0.3) is 0 Å². The Kier molecular flexibility index (Phi) is 6.72. The molecule has 2 amide bonds. The lowest BCUT2D eigenvalue weighted by molar-refractivity contribution is -0.138. The van der Waals surface area contributed by atoms with Crippen LogP contribution in [0.3, 0.4) is 0 Å². The number of hydrogen-bond donors (Lipinski definition) is 1. The zero-order chi connectivity index (χ0) is 12.7. The number of hydrogen-bond acceptors (Lipinski definition) is 3. The van der Waals surface area contributed by atoms with Gasteiger partial charge in [0.05, 0.1) is 6.54 Å². The van der Waals surface area contributed by atoms with E-state index in [9.17, 15) is 9.59 Å². The third kappa shape index (κ3) is 5.70. The summed E-state index contributed by atoms with van der Waals surface area (Å²) in [7, 11) is 5.01. The molecule has 0 saturated heterocycles. The van der Waals surface area contributed by atoms with Crippen molar-refractivity contribution in [2.24, 2.45) is 11.7 Å². The summed E-state index contributed by atoms with van der Waals surface area (Å²) in [5, 5.41) is 0. The van der Waals surface area contributed by atoms with Gasteiger partial charge in [-0.3, -0.25) is 9.59 Å². The normalized spacial score (nSPS) is 12.1. The molecule has 0 aliphatic heterocycles. The van der Waals surface area contributed by atoms with Crippen molar-refractivity contribution in [1.29, 1.82) is 0 Å². The van der Waals surface area contributed by atoms with Crippen molar-refractivity contribution < 1.29 is 9.59 Å². The van der Waals surface area contributed by atoms with Crippen molar-refractivity contribution in [3.8, 4) is 0 Å². The van der Waals surface area contributed by atoms with Gasteiger partial charge in [-0.15, -0.1) is 0 Å². The first-order chi connectivity index (χ1) is 7.38. The van der Waals surface area contributed by atoms with Crippen LogP contribution >= 0.6 is 0 Å². The minimum Gasteiger partial charge on any atom is -0.347 e. The first-order valence-corrected chi connectivity index (χ1v) is 5.52. The van der Waals surface area contributed by atoms with Crippen molar-refractivity contribution in [1.82, 2.24) is 9.80 Å². The SMILES string of the molecule is CC(CN)CCC(=O)N(C)CC(=O)N(C)C. The van der Waals surface area contributed by atoms with E-state index < -0.39 is 0 Å². The van der Waals surface area contributed by atoms with Crippen molar-refractivity contribution in [2.75, 3.05) is 34.2 Å². The molecule has 5 heteroatoms. The molecule has 94 valence electrons. The summed E-state index contributed by atoms with van der Waals surface area (Å²) in [5.74, 6) is 0.278. The van der Waals surface area contributed by atoms with Crippen LogP contribution in [0.2, 0.25) is 0 Å². The van der Waals surface area contributed by atoms with Crippen molar-refractivity contribution in [2.45, 2.75) is 19.8 Å². The van der Waals surface area contributed by atoms with Gasteiger partial charge >= 0.3 is 0 Å². The summed E-state index contributed by atoms with van der Waals surface area (Å²) in [6.45, 7) is 2.74. The van der Waals surface area contributed by atoms with Crippen molar-refractivity contribution in [3.05, 3.63) is 0 Å². The second-order valence-corrected chi connectivity index (χ2v) is 4.42. The highest BCUT2D eigenvalue weighted by molar-refractivity contribution is 5.84. The number of nitrogens with two attached hydrogens (primary N) is 1. The molecule has 0 fully saturated rings.